The molecule has 7 heteroatoms. The summed E-state index contributed by atoms with van der Waals surface area (Å²) in [5, 5.41) is 9.02. The Labute approximate surface area is 142 Å². The number of aliphatic hydroxyl groups is 1. The fraction of sp³-hybridized carbons (Fsp3) is 0.706. The van der Waals surface area contributed by atoms with Gasteiger partial charge < -0.3 is 20.6 Å². The second kappa shape index (κ2) is 6.93. The number of rotatable bonds is 4. The smallest absolute Gasteiger partial charge is 0.222 e. The highest BCUT2D eigenvalue weighted by Gasteiger charge is 2.40. The molecule has 3 rings (SSSR count). The van der Waals surface area contributed by atoms with Crippen molar-refractivity contribution in [2.75, 3.05) is 43.4 Å². The van der Waals surface area contributed by atoms with E-state index in [2.05, 4.69) is 14.9 Å². The molecule has 0 aromatic carbocycles. The van der Waals surface area contributed by atoms with Crippen molar-refractivity contribution in [1.82, 2.24) is 14.9 Å². The molecule has 132 valence electrons. The zero-order chi connectivity index (χ0) is 17.2. The zero-order valence-electron chi connectivity index (χ0n) is 14.4. The van der Waals surface area contributed by atoms with Crippen LogP contribution in [0.2, 0.25) is 0 Å². The van der Waals surface area contributed by atoms with Gasteiger partial charge in [-0.3, -0.25) is 4.79 Å². The number of nitrogens with two attached hydrogens (primary N) is 1. The number of anilines is 2. The molecule has 3 heterocycles. The number of carbonyl (C=O) groups excluding carboxylic acids is 1. The van der Waals surface area contributed by atoms with E-state index < -0.39 is 0 Å². The Morgan fingerprint density at radius 1 is 1.29 bits per heavy atom. The summed E-state index contributed by atoms with van der Waals surface area (Å²) in [7, 11) is 0. The third-order valence-corrected chi connectivity index (χ3v) is 5.34. The van der Waals surface area contributed by atoms with Crippen LogP contribution in [0, 0.1) is 12.3 Å². The number of likely N-dealkylation sites (tertiary alicyclic amines) is 1. The van der Waals surface area contributed by atoms with Gasteiger partial charge >= 0.3 is 0 Å². The lowest BCUT2D eigenvalue weighted by Crippen LogP contribution is -2.52. The van der Waals surface area contributed by atoms with Gasteiger partial charge in [0.1, 0.15) is 5.82 Å². The number of hydrogen-bond donors (Lipinski definition) is 2. The van der Waals surface area contributed by atoms with E-state index in [1.54, 1.807) is 0 Å². The van der Waals surface area contributed by atoms with Crippen LogP contribution in [0.5, 0.6) is 0 Å². The summed E-state index contributed by atoms with van der Waals surface area (Å²) >= 11 is 0. The van der Waals surface area contributed by atoms with Gasteiger partial charge in [-0.15, -0.1) is 0 Å². The van der Waals surface area contributed by atoms with Crippen LogP contribution in [-0.4, -0.2) is 58.7 Å². The minimum atomic E-state index is 0.138. The predicted molar refractivity (Wildman–Crippen MR) is 92.6 cm³/mol. The van der Waals surface area contributed by atoms with Crippen molar-refractivity contribution in [3.63, 3.8) is 0 Å². The maximum atomic E-state index is 12.1. The average Bonchev–Trinajstić information content (AvgIpc) is 2.56. The largest absolute Gasteiger partial charge is 0.396 e. The molecule has 3 N–H and O–H groups in total. The first-order chi connectivity index (χ1) is 11.5. The van der Waals surface area contributed by atoms with E-state index in [1.165, 1.54) is 0 Å². The lowest BCUT2D eigenvalue weighted by molar-refractivity contribution is -0.138. The first-order valence-electron chi connectivity index (χ1n) is 8.76. The van der Waals surface area contributed by atoms with Gasteiger partial charge in [0.05, 0.1) is 0 Å². The van der Waals surface area contributed by atoms with Gasteiger partial charge in [-0.1, -0.05) is 0 Å². The topological polar surface area (TPSA) is 95.6 Å². The number of nitrogens with zero attached hydrogens (tertiary/aromatic N) is 4. The van der Waals surface area contributed by atoms with E-state index in [9.17, 15) is 4.79 Å². The highest BCUT2D eigenvalue weighted by atomic mass is 16.3. The normalized spacial score (nSPS) is 20.7. The first kappa shape index (κ1) is 17.0. The lowest BCUT2D eigenvalue weighted by Gasteiger charge is -2.47. The van der Waals surface area contributed by atoms with Crippen molar-refractivity contribution in [2.24, 2.45) is 5.41 Å². The second-order valence-corrected chi connectivity index (χ2v) is 7.11. The Morgan fingerprint density at radius 3 is 2.71 bits per heavy atom. The van der Waals surface area contributed by atoms with Gasteiger partial charge in [0.15, 0.2) is 0 Å². The molecule has 0 bridgehead atoms. The van der Waals surface area contributed by atoms with Crippen LogP contribution in [0.25, 0.3) is 0 Å². The lowest BCUT2D eigenvalue weighted by atomic mass is 9.72. The van der Waals surface area contributed by atoms with Crippen molar-refractivity contribution in [2.45, 2.75) is 39.0 Å². The van der Waals surface area contributed by atoms with Gasteiger partial charge in [0.2, 0.25) is 11.9 Å². The van der Waals surface area contributed by atoms with Crippen LogP contribution in [0.1, 0.15) is 37.8 Å². The van der Waals surface area contributed by atoms with E-state index in [0.717, 1.165) is 50.4 Å². The Kier molecular flexibility index (Phi) is 4.89. The van der Waals surface area contributed by atoms with Crippen molar-refractivity contribution in [3.05, 3.63) is 11.8 Å². The highest BCUT2D eigenvalue weighted by Crippen LogP contribution is 2.41. The maximum Gasteiger partial charge on any atom is 0.222 e. The number of aliphatic hydroxyl groups excluding tert-OH is 1. The minimum absolute atomic E-state index is 0.138. The van der Waals surface area contributed by atoms with Crippen LogP contribution in [0.3, 0.4) is 0 Å². The van der Waals surface area contributed by atoms with Crippen molar-refractivity contribution in [3.8, 4) is 0 Å². The summed E-state index contributed by atoms with van der Waals surface area (Å²) in [6.45, 7) is 5.42. The molecule has 1 aromatic heterocycles. The molecular formula is C17H27N5O2. The highest BCUT2D eigenvalue weighted by molar-refractivity contribution is 5.77. The molecule has 2 saturated heterocycles. The number of aryl methyl sites for hydroxylation is 1. The zero-order valence-corrected chi connectivity index (χ0v) is 14.4. The quantitative estimate of drug-likeness (QED) is 0.852. The fourth-order valence-electron chi connectivity index (χ4n) is 3.92. The van der Waals surface area contributed by atoms with Gasteiger partial charge in [-0.25, -0.2) is 4.98 Å². The fourth-order valence-corrected chi connectivity index (χ4v) is 3.92. The molecule has 1 amide bonds. The van der Waals surface area contributed by atoms with E-state index in [1.807, 2.05) is 17.9 Å². The number of piperidine rings is 2. The van der Waals surface area contributed by atoms with E-state index in [4.69, 9.17) is 10.8 Å². The van der Waals surface area contributed by atoms with E-state index >= 15 is 0 Å². The van der Waals surface area contributed by atoms with Crippen LogP contribution in [0.15, 0.2) is 6.07 Å². The first-order valence-corrected chi connectivity index (χ1v) is 8.76. The van der Waals surface area contributed by atoms with Crippen molar-refractivity contribution < 1.29 is 9.90 Å². The number of carbonyl (C=O) groups is 1. The van der Waals surface area contributed by atoms with Gasteiger partial charge in [-0.05, 0) is 38.0 Å². The SMILES string of the molecule is Cc1cc(N2CCC3(CCC(=O)N(CCCO)C3)CC2)nc(N)n1. The van der Waals surface area contributed by atoms with Crippen LogP contribution >= 0.6 is 0 Å². The third kappa shape index (κ3) is 3.61. The summed E-state index contributed by atoms with van der Waals surface area (Å²) in [6.07, 6.45) is 4.37. The van der Waals surface area contributed by atoms with Crippen LogP contribution in [0.4, 0.5) is 11.8 Å². The van der Waals surface area contributed by atoms with Crippen LogP contribution in [-0.2, 0) is 4.79 Å². The summed E-state index contributed by atoms with van der Waals surface area (Å²) in [6, 6.07) is 1.98. The molecule has 1 aromatic rings. The molecular weight excluding hydrogens is 306 g/mol. The molecule has 7 nitrogen and oxygen atoms in total. The van der Waals surface area contributed by atoms with Crippen molar-refractivity contribution in [1.29, 1.82) is 0 Å². The number of nitrogen functional groups attached to an aromatic ring is 1. The van der Waals surface area contributed by atoms with E-state index in [-0.39, 0.29) is 17.9 Å². The molecule has 2 aliphatic rings. The minimum Gasteiger partial charge on any atom is -0.396 e. The summed E-state index contributed by atoms with van der Waals surface area (Å²) in [5.41, 5.74) is 6.87. The Bertz CT molecular complexity index is 578. The van der Waals surface area contributed by atoms with Crippen molar-refractivity contribution >= 4 is 17.7 Å². The number of amides is 1. The molecule has 0 atom stereocenters. The average molecular weight is 333 g/mol. The Balaban J connectivity index is 1.64. The molecule has 0 saturated carbocycles. The van der Waals surface area contributed by atoms with Gasteiger partial charge in [0.25, 0.3) is 0 Å². The van der Waals surface area contributed by atoms with Gasteiger partial charge in [0, 0.05) is 51.0 Å². The standard InChI is InChI=1S/C17H27N5O2/c1-13-11-14(20-16(18)19-13)21-8-5-17(6-9-21)4-3-15(24)22(12-17)7-2-10-23/h11,23H,2-10,12H2,1H3,(H2,18,19,20). The third-order valence-electron chi connectivity index (χ3n) is 5.34. The van der Waals surface area contributed by atoms with E-state index in [0.29, 0.717) is 25.3 Å². The molecule has 0 aliphatic carbocycles. The molecule has 0 unspecified atom stereocenters. The van der Waals surface area contributed by atoms with Crippen LogP contribution < -0.4 is 10.6 Å². The Morgan fingerprint density at radius 2 is 2.04 bits per heavy atom. The number of aromatic nitrogens is 2. The Hall–Kier alpha value is -1.89. The number of hydrogen-bond acceptors (Lipinski definition) is 6. The molecule has 0 radical (unpaired) electrons. The second-order valence-electron chi connectivity index (χ2n) is 7.11. The molecule has 2 fully saturated rings. The summed E-state index contributed by atoms with van der Waals surface area (Å²) < 4.78 is 0. The maximum absolute atomic E-state index is 12.1. The molecule has 2 aliphatic heterocycles. The molecule has 24 heavy (non-hydrogen) atoms. The molecule has 1 spiro atoms. The predicted octanol–water partition coefficient (Wildman–Crippen LogP) is 0.959. The summed E-state index contributed by atoms with van der Waals surface area (Å²) in [4.78, 5) is 24.8. The summed E-state index contributed by atoms with van der Waals surface area (Å²) in [5.74, 6) is 1.46. The van der Waals surface area contributed by atoms with Gasteiger partial charge in [-0.2, -0.15) is 4.98 Å². The monoisotopic (exact) mass is 333 g/mol.